The Balaban J connectivity index is 1.65. The minimum absolute atomic E-state index is 0.00851. The number of hydrogen-bond donors (Lipinski definition) is 3. The van der Waals surface area contributed by atoms with Crippen LogP contribution in [-0.2, 0) is 4.79 Å². The number of hydrogen-bond acceptors (Lipinski definition) is 3. The number of benzene rings is 2. The van der Waals surface area contributed by atoms with Crippen molar-refractivity contribution in [2.24, 2.45) is 0 Å². The van der Waals surface area contributed by atoms with E-state index >= 15 is 0 Å². The topological polar surface area (TPSA) is 53.2 Å². The third-order valence-corrected chi connectivity index (χ3v) is 4.67. The Morgan fingerprint density at radius 1 is 1.13 bits per heavy atom. The first-order chi connectivity index (χ1) is 11.0. The highest BCUT2D eigenvalue weighted by atomic mass is 79.9. The summed E-state index contributed by atoms with van der Waals surface area (Å²) < 4.78 is 1.05. The lowest BCUT2D eigenvalue weighted by Crippen LogP contribution is -2.39. The van der Waals surface area contributed by atoms with Crippen LogP contribution in [-0.4, -0.2) is 11.9 Å². The summed E-state index contributed by atoms with van der Waals surface area (Å²) in [7, 11) is 0. The van der Waals surface area contributed by atoms with Crippen LogP contribution >= 0.6 is 15.9 Å². The van der Waals surface area contributed by atoms with Gasteiger partial charge in [0.25, 0.3) is 0 Å². The highest BCUT2D eigenvalue weighted by Gasteiger charge is 2.30. The van der Waals surface area contributed by atoms with Crippen molar-refractivity contribution in [3.8, 4) is 0 Å². The second-order valence-electron chi connectivity index (χ2n) is 5.99. The number of rotatable bonds is 3. The maximum Gasteiger partial charge on any atom is 0.242 e. The molecule has 2 aromatic carbocycles. The third-order valence-electron chi connectivity index (χ3n) is 4.14. The van der Waals surface area contributed by atoms with Gasteiger partial charge in [-0.25, -0.2) is 10.9 Å². The Morgan fingerprint density at radius 3 is 2.61 bits per heavy atom. The molecule has 1 amide bonds. The maximum atomic E-state index is 12.5. The molecular weight excluding hydrogens is 354 g/mol. The molecule has 1 aliphatic heterocycles. The van der Waals surface area contributed by atoms with Gasteiger partial charge in [0.05, 0.1) is 0 Å². The molecule has 0 radical (unpaired) electrons. The molecule has 0 saturated carbocycles. The predicted molar refractivity (Wildman–Crippen MR) is 96.1 cm³/mol. The largest absolute Gasteiger partial charge is 0.324 e. The van der Waals surface area contributed by atoms with Crippen LogP contribution in [0.15, 0.2) is 46.9 Å². The van der Waals surface area contributed by atoms with Gasteiger partial charge in [-0.2, -0.15) is 0 Å². The molecule has 0 bridgehead atoms. The molecule has 23 heavy (non-hydrogen) atoms. The van der Waals surface area contributed by atoms with Gasteiger partial charge in [-0.3, -0.25) is 4.79 Å². The van der Waals surface area contributed by atoms with Crippen LogP contribution in [0.5, 0.6) is 0 Å². The van der Waals surface area contributed by atoms with E-state index in [-0.39, 0.29) is 18.0 Å². The van der Waals surface area contributed by atoms with Gasteiger partial charge >= 0.3 is 0 Å². The SMILES string of the molecule is Cc1ccc(C)c(NC(=O)C2CC(c3ccc(Br)cc3)NN2)c1. The smallest absolute Gasteiger partial charge is 0.242 e. The Labute approximate surface area is 144 Å². The number of halogens is 1. The Morgan fingerprint density at radius 2 is 1.87 bits per heavy atom. The summed E-state index contributed by atoms with van der Waals surface area (Å²) in [6.07, 6.45) is 0.721. The Bertz CT molecular complexity index is 715. The Kier molecular flexibility index (Phi) is 4.80. The molecule has 1 fully saturated rings. The van der Waals surface area contributed by atoms with E-state index in [0.29, 0.717) is 0 Å². The second kappa shape index (κ2) is 6.83. The van der Waals surface area contributed by atoms with Gasteiger partial charge in [-0.05, 0) is 55.2 Å². The second-order valence-corrected chi connectivity index (χ2v) is 6.90. The fraction of sp³-hybridized carbons (Fsp3) is 0.278. The van der Waals surface area contributed by atoms with Crippen LogP contribution in [0.2, 0.25) is 0 Å². The molecule has 2 aromatic rings. The number of carbonyl (C=O) groups excluding carboxylic acids is 1. The molecule has 0 aromatic heterocycles. The molecule has 5 heteroatoms. The molecule has 1 aliphatic rings. The Hall–Kier alpha value is -1.69. The number of aryl methyl sites for hydroxylation is 2. The van der Waals surface area contributed by atoms with Gasteiger partial charge in [0.15, 0.2) is 0 Å². The first kappa shape index (κ1) is 16.2. The van der Waals surface area contributed by atoms with E-state index in [4.69, 9.17) is 0 Å². The minimum Gasteiger partial charge on any atom is -0.324 e. The number of hydrazine groups is 1. The monoisotopic (exact) mass is 373 g/mol. The van der Waals surface area contributed by atoms with Crippen LogP contribution in [0.25, 0.3) is 0 Å². The lowest BCUT2D eigenvalue weighted by molar-refractivity contribution is -0.117. The summed E-state index contributed by atoms with van der Waals surface area (Å²) in [5.74, 6) is -0.00851. The van der Waals surface area contributed by atoms with Gasteiger partial charge in [-0.1, -0.05) is 40.2 Å². The quantitative estimate of drug-likeness (QED) is 0.769. The van der Waals surface area contributed by atoms with Crippen molar-refractivity contribution in [1.29, 1.82) is 0 Å². The van der Waals surface area contributed by atoms with Crippen LogP contribution in [0.4, 0.5) is 5.69 Å². The molecule has 1 saturated heterocycles. The van der Waals surface area contributed by atoms with E-state index in [1.165, 1.54) is 5.56 Å². The van der Waals surface area contributed by atoms with Gasteiger partial charge in [0.2, 0.25) is 5.91 Å². The first-order valence-electron chi connectivity index (χ1n) is 7.67. The summed E-state index contributed by atoms with van der Waals surface area (Å²) in [6.45, 7) is 4.02. The molecule has 1 heterocycles. The summed E-state index contributed by atoms with van der Waals surface area (Å²) >= 11 is 3.44. The zero-order valence-electron chi connectivity index (χ0n) is 13.2. The van der Waals surface area contributed by atoms with E-state index in [2.05, 4.69) is 44.2 Å². The zero-order chi connectivity index (χ0) is 16.4. The van der Waals surface area contributed by atoms with Crippen molar-refractivity contribution in [3.63, 3.8) is 0 Å². The highest BCUT2D eigenvalue weighted by molar-refractivity contribution is 9.10. The van der Waals surface area contributed by atoms with Crippen molar-refractivity contribution in [2.45, 2.75) is 32.4 Å². The van der Waals surface area contributed by atoms with Crippen LogP contribution in [0.1, 0.15) is 29.2 Å². The average Bonchev–Trinajstić information content (AvgIpc) is 3.02. The van der Waals surface area contributed by atoms with Crippen LogP contribution < -0.4 is 16.2 Å². The third kappa shape index (κ3) is 3.80. The number of carbonyl (C=O) groups is 1. The fourth-order valence-electron chi connectivity index (χ4n) is 2.73. The van der Waals surface area contributed by atoms with E-state index < -0.39 is 0 Å². The van der Waals surface area contributed by atoms with Crippen molar-refractivity contribution in [3.05, 3.63) is 63.6 Å². The maximum absolute atomic E-state index is 12.5. The van der Waals surface area contributed by atoms with Gasteiger partial charge < -0.3 is 5.32 Å². The van der Waals surface area contributed by atoms with Crippen molar-refractivity contribution in [2.75, 3.05) is 5.32 Å². The predicted octanol–water partition coefficient (Wildman–Crippen LogP) is 3.61. The van der Waals surface area contributed by atoms with Crippen molar-refractivity contribution >= 4 is 27.5 Å². The molecule has 3 rings (SSSR count). The zero-order valence-corrected chi connectivity index (χ0v) is 14.8. The molecule has 0 spiro atoms. The summed E-state index contributed by atoms with van der Waals surface area (Å²) in [6, 6.07) is 14.1. The fourth-order valence-corrected chi connectivity index (χ4v) is 3.00. The van der Waals surface area contributed by atoms with Gasteiger partial charge in [0.1, 0.15) is 6.04 Å². The molecule has 2 atom stereocenters. The molecule has 2 unspecified atom stereocenters. The summed E-state index contributed by atoms with van der Waals surface area (Å²) in [5.41, 5.74) is 10.6. The van der Waals surface area contributed by atoms with E-state index in [1.54, 1.807) is 0 Å². The number of amides is 1. The molecule has 3 N–H and O–H groups in total. The lowest BCUT2D eigenvalue weighted by Gasteiger charge is -2.13. The molecule has 120 valence electrons. The molecular formula is C18H20BrN3O. The number of nitrogens with one attached hydrogen (secondary N) is 3. The lowest BCUT2D eigenvalue weighted by atomic mass is 10.0. The average molecular weight is 374 g/mol. The summed E-state index contributed by atoms with van der Waals surface area (Å²) in [4.78, 5) is 12.5. The van der Waals surface area contributed by atoms with Crippen molar-refractivity contribution < 1.29 is 4.79 Å². The normalized spacial score (nSPS) is 20.5. The van der Waals surface area contributed by atoms with Gasteiger partial charge in [-0.15, -0.1) is 0 Å². The number of anilines is 1. The highest BCUT2D eigenvalue weighted by Crippen LogP contribution is 2.25. The van der Waals surface area contributed by atoms with E-state index in [9.17, 15) is 4.79 Å². The van der Waals surface area contributed by atoms with E-state index in [0.717, 1.165) is 27.7 Å². The first-order valence-corrected chi connectivity index (χ1v) is 8.47. The standard InChI is InChI=1S/C18H20BrN3O/c1-11-3-4-12(2)15(9-11)20-18(23)17-10-16(21-22-17)13-5-7-14(19)8-6-13/h3-9,16-17,21-22H,10H2,1-2H3,(H,20,23). The van der Waals surface area contributed by atoms with E-state index in [1.807, 2.05) is 44.2 Å². The van der Waals surface area contributed by atoms with Crippen LogP contribution in [0.3, 0.4) is 0 Å². The molecule has 4 nitrogen and oxygen atoms in total. The van der Waals surface area contributed by atoms with Crippen LogP contribution in [0, 0.1) is 13.8 Å². The molecule has 0 aliphatic carbocycles. The summed E-state index contributed by atoms with van der Waals surface area (Å²) in [5, 5.41) is 3.03. The minimum atomic E-state index is -0.247. The van der Waals surface area contributed by atoms with Gasteiger partial charge in [0, 0.05) is 16.2 Å². The van der Waals surface area contributed by atoms with Crippen molar-refractivity contribution in [1.82, 2.24) is 10.9 Å².